The minimum atomic E-state index is -0.723. The molecule has 2 aromatic carbocycles. The number of aryl methyl sites for hydroxylation is 4. The van der Waals surface area contributed by atoms with Gasteiger partial charge in [-0.15, -0.1) is 11.3 Å². The molecule has 1 aliphatic carbocycles. The molecule has 0 spiro atoms. The van der Waals surface area contributed by atoms with Crippen molar-refractivity contribution in [3.8, 4) is 11.4 Å². The number of carbonyl (C=O) groups excluding carboxylic acids is 1. The van der Waals surface area contributed by atoms with Gasteiger partial charge >= 0.3 is 0 Å². The molecule has 4 aromatic rings. The third kappa shape index (κ3) is 3.86. The summed E-state index contributed by atoms with van der Waals surface area (Å²) in [5, 5.41) is 3.74. The third-order valence-electron chi connectivity index (χ3n) is 6.93. The van der Waals surface area contributed by atoms with Crippen LogP contribution in [0.3, 0.4) is 0 Å². The van der Waals surface area contributed by atoms with Crippen LogP contribution < -0.4 is 10.9 Å². The average molecular weight is 472 g/mol. The highest BCUT2D eigenvalue weighted by Crippen LogP contribution is 2.35. The minimum absolute atomic E-state index is 0.121. The Bertz CT molecular complexity index is 1480. The summed E-state index contributed by atoms with van der Waals surface area (Å²) >= 11 is 1.64. The molecule has 0 fully saturated rings. The fourth-order valence-electron chi connectivity index (χ4n) is 4.81. The fraction of sp³-hybridized carbons (Fsp3) is 0.321. The maximum absolute atomic E-state index is 14.0. The van der Waals surface area contributed by atoms with Gasteiger partial charge in [0.25, 0.3) is 5.56 Å². The van der Waals surface area contributed by atoms with Gasteiger partial charge < -0.3 is 5.32 Å². The monoisotopic (exact) mass is 471 g/mol. The second-order valence-corrected chi connectivity index (χ2v) is 10.4. The number of nitrogens with zero attached hydrogens (tertiary/aromatic N) is 2. The molecule has 5 nitrogen and oxygen atoms in total. The molecule has 1 unspecified atom stereocenters. The Morgan fingerprint density at radius 3 is 2.65 bits per heavy atom. The number of hydrogen-bond donors (Lipinski definition) is 1. The first-order chi connectivity index (χ1) is 16.3. The van der Waals surface area contributed by atoms with Gasteiger partial charge in [0.05, 0.1) is 5.39 Å². The Hall–Kier alpha value is -3.25. The molecule has 6 heteroatoms. The molecular weight excluding hydrogens is 442 g/mol. The Kier molecular flexibility index (Phi) is 5.86. The molecule has 1 aliphatic rings. The predicted octanol–water partition coefficient (Wildman–Crippen LogP) is 6.13. The van der Waals surface area contributed by atoms with Crippen molar-refractivity contribution in [2.75, 3.05) is 5.32 Å². The van der Waals surface area contributed by atoms with Crippen LogP contribution in [0, 0.1) is 20.8 Å². The van der Waals surface area contributed by atoms with Gasteiger partial charge in [-0.3, -0.25) is 14.2 Å². The summed E-state index contributed by atoms with van der Waals surface area (Å²) in [7, 11) is 0. The van der Waals surface area contributed by atoms with E-state index in [-0.39, 0.29) is 11.5 Å². The topological polar surface area (TPSA) is 64.0 Å². The number of carbonyl (C=O) groups is 1. The van der Waals surface area contributed by atoms with Crippen LogP contribution in [0.2, 0.25) is 0 Å². The Labute approximate surface area is 203 Å². The van der Waals surface area contributed by atoms with Crippen molar-refractivity contribution in [2.24, 2.45) is 0 Å². The average Bonchev–Trinajstić information content (AvgIpc) is 3.20. The SMILES string of the molecule is Cc1cccc(-c2nc3sc4c(c3c(=O)n2C(C)C(=O)Nc2cccc(C)c2C)CCCC4)c1. The number of anilines is 1. The van der Waals surface area contributed by atoms with Gasteiger partial charge in [0.15, 0.2) is 0 Å². The van der Waals surface area contributed by atoms with Crippen molar-refractivity contribution < 1.29 is 4.79 Å². The lowest BCUT2D eigenvalue weighted by molar-refractivity contribution is -0.118. The summed E-state index contributed by atoms with van der Waals surface area (Å²) in [6.45, 7) is 7.82. The number of benzene rings is 2. The predicted molar refractivity (Wildman–Crippen MR) is 140 cm³/mol. The first-order valence-electron chi connectivity index (χ1n) is 11.9. The minimum Gasteiger partial charge on any atom is -0.324 e. The summed E-state index contributed by atoms with van der Waals surface area (Å²) < 4.78 is 1.60. The number of thiophene rings is 1. The smallest absolute Gasteiger partial charge is 0.263 e. The third-order valence-corrected chi connectivity index (χ3v) is 8.11. The van der Waals surface area contributed by atoms with Gasteiger partial charge in [-0.1, -0.05) is 35.9 Å². The van der Waals surface area contributed by atoms with Crippen molar-refractivity contribution in [3.63, 3.8) is 0 Å². The van der Waals surface area contributed by atoms with E-state index < -0.39 is 6.04 Å². The largest absolute Gasteiger partial charge is 0.324 e. The zero-order valence-corrected chi connectivity index (χ0v) is 20.9. The van der Waals surface area contributed by atoms with E-state index in [0.717, 1.165) is 64.0 Å². The van der Waals surface area contributed by atoms with Crippen LogP contribution in [0.4, 0.5) is 5.69 Å². The van der Waals surface area contributed by atoms with E-state index in [2.05, 4.69) is 5.32 Å². The van der Waals surface area contributed by atoms with E-state index in [4.69, 9.17) is 4.98 Å². The van der Waals surface area contributed by atoms with E-state index in [1.165, 1.54) is 4.88 Å². The molecule has 0 saturated heterocycles. The summed E-state index contributed by atoms with van der Waals surface area (Å²) in [5.74, 6) is 0.318. The van der Waals surface area contributed by atoms with Crippen LogP contribution in [-0.4, -0.2) is 15.5 Å². The summed E-state index contributed by atoms with van der Waals surface area (Å²) in [6, 6.07) is 13.1. The van der Waals surface area contributed by atoms with Gasteiger partial charge in [0, 0.05) is 16.1 Å². The summed E-state index contributed by atoms with van der Waals surface area (Å²) in [6.07, 6.45) is 4.13. The molecule has 2 heterocycles. The highest BCUT2D eigenvalue weighted by atomic mass is 32.1. The van der Waals surface area contributed by atoms with Gasteiger partial charge in [-0.2, -0.15) is 0 Å². The van der Waals surface area contributed by atoms with Crippen molar-refractivity contribution in [1.29, 1.82) is 0 Å². The van der Waals surface area contributed by atoms with Crippen LogP contribution in [0.25, 0.3) is 21.6 Å². The van der Waals surface area contributed by atoms with Crippen molar-refractivity contribution in [3.05, 3.63) is 79.9 Å². The number of aromatic nitrogens is 2. The fourth-order valence-corrected chi connectivity index (χ4v) is 6.06. The van der Waals surface area contributed by atoms with Crippen LogP contribution in [0.15, 0.2) is 47.3 Å². The van der Waals surface area contributed by atoms with Crippen LogP contribution in [-0.2, 0) is 17.6 Å². The molecule has 1 atom stereocenters. The van der Waals surface area contributed by atoms with Crippen LogP contribution >= 0.6 is 11.3 Å². The molecule has 5 rings (SSSR count). The Balaban J connectivity index is 1.68. The molecule has 0 radical (unpaired) electrons. The van der Waals surface area contributed by atoms with E-state index in [9.17, 15) is 9.59 Å². The normalized spacial score (nSPS) is 14.1. The maximum atomic E-state index is 14.0. The maximum Gasteiger partial charge on any atom is 0.263 e. The molecule has 1 N–H and O–H groups in total. The number of rotatable bonds is 4. The lowest BCUT2D eigenvalue weighted by Crippen LogP contribution is -2.33. The molecule has 0 saturated carbocycles. The van der Waals surface area contributed by atoms with E-state index in [1.807, 2.05) is 63.2 Å². The first-order valence-corrected chi connectivity index (χ1v) is 12.7. The molecule has 2 aromatic heterocycles. The second-order valence-electron chi connectivity index (χ2n) is 9.28. The van der Waals surface area contributed by atoms with Crippen molar-refractivity contribution in [1.82, 2.24) is 9.55 Å². The highest BCUT2D eigenvalue weighted by molar-refractivity contribution is 7.18. The van der Waals surface area contributed by atoms with Gasteiger partial charge in [0.1, 0.15) is 16.7 Å². The molecule has 0 bridgehead atoms. The van der Waals surface area contributed by atoms with Gasteiger partial charge in [0.2, 0.25) is 5.91 Å². The standard InChI is InChI=1S/C28H29N3O2S/c1-16-9-7-11-20(15-16)25-30-27-24(21-12-5-6-14-23(21)34-27)28(33)31(25)19(4)26(32)29-22-13-8-10-17(2)18(22)3/h7-11,13,15,19H,5-6,12,14H2,1-4H3,(H,29,32). The van der Waals surface area contributed by atoms with Gasteiger partial charge in [-0.05, 0) is 82.2 Å². The van der Waals surface area contributed by atoms with Crippen molar-refractivity contribution in [2.45, 2.75) is 59.4 Å². The molecule has 0 aliphatic heterocycles. The van der Waals surface area contributed by atoms with E-state index in [0.29, 0.717) is 11.2 Å². The Morgan fingerprint density at radius 1 is 1.09 bits per heavy atom. The molecule has 174 valence electrons. The summed E-state index contributed by atoms with van der Waals surface area (Å²) in [5.41, 5.74) is 5.84. The molecule has 34 heavy (non-hydrogen) atoms. The second kappa shape index (κ2) is 8.84. The number of nitrogens with one attached hydrogen (secondary N) is 1. The number of amides is 1. The molecular formula is C28H29N3O2S. The quantitative estimate of drug-likeness (QED) is 0.389. The van der Waals surface area contributed by atoms with Crippen molar-refractivity contribution >= 4 is 33.1 Å². The lowest BCUT2D eigenvalue weighted by Gasteiger charge is -2.20. The van der Waals surface area contributed by atoms with Gasteiger partial charge in [-0.25, -0.2) is 4.98 Å². The zero-order valence-electron chi connectivity index (χ0n) is 20.1. The molecule has 1 amide bonds. The zero-order chi connectivity index (χ0) is 24.0. The number of hydrogen-bond acceptors (Lipinski definition) is 4. The van der Waals surface area contributed by atoms with Crippen LogP contribution in [0.1, 0.15) is 52.9 Å². The van der Waals surface area contributed by atoms with Crippen LogP contribution in [0.5, 0.6) is 0 Å². The summed E-state index contributed by atoms with van der Waals surface area (Å²) in [4.78, 5) is 34.5. The first kappa shape index (κ1) is 22.5. The number of fused-ring (bicyclic) bond motifs is 3. The Morgan fingerprint density at radius 2 is 1.85 bits per heavy atom. The van der Waals surface area contributed by atoms with E-state index >= 15 is 0 Å². The van der Waals surface area contributed by atoms with E-state index in [1.54, 1.807) is 22.8 Å². The highest BCUT2D eigenvalue weighted by Gasteiger charge is 2.27. The lowest BCUT2D eigenvalue weighted by atomic mass is 9.97.